The maximum Gasteiger partial charge on any atom is 0.339 e. The minimum atomic E-state index is -4.29. The Labute approximate surface area is 184 Å². The van der Waals surface area contributed by atoms with E-state index >= 15 is 0 Å². The molecule has 0 spiro atoms. The molecule has 0 aliphatic carbocycles. The number of nitrogens with one attached hydrogen (secondary N) is 2. The number of aromatic hydroxyl groups is 1. The normalized spacial score (nSPS) is 10.9. The average Bonchev–Trinajstić information content (AvgIpc) is 2.73. The van der Waals surface area contributed by atoms with Gasteiger partial charge < -0.3 is 20.3 Å². The summed E-state index contributed by atoms with van der Waals surface area (Å²) in [6, 6.07) is 14.6. The molecule has 0 fully saturated rings. The van der Waals surface area contributed by atoms with Crippen molar-refractivity contribution in [1.29, 1.82) is 0 Å². The summed E-state index contributed by atoms with van der Waals surface area (Å²) < 4.78 is 33.5. The van der Waals surface area contributed by atoms with Crippen LogP contribution in [-0.4, -0.2) is 37.6 Å². The minimum absolute atomic E-state index is 0.00996. The molecule has 1 amide bonds. The summed E-state index contributed by atoms with van der Waals surface area (Å²) in [5, 5.41) is 21.7. The van der Waals surface area contributed by atoms with Crippen LogP contribution in [0.5, 0.6) is 11.5 Å². The number of rotatable bonds is 7. The van der Waals surface area contributed by atoms with Crippen molar-refractivity contribution in [3.8, 4) is 11.5 Å². The predicted octanol–water partition coefficient (Wildman–Crippen LogP) is 3.46. The van der Waals surface area contributed by atoms with Crippen LogP contribution in [0.4, 0.5) is 11.4 Å². The van der Waals surface area contributed by atoms with Gasteiger partial charge in [-0.1, -0.05) is 24.3 Å². The molecule has 0 heterocycles. The lowest BCUT2D eigenvalue weighted by Gasteiger charge is -2.15. The van der Waals surface area contributed by atoms with Gasteiger partial charge in [0.2, 0.25) is 0 Å². The number of methoxy groups -OCH3 is 1. The number of carboxylic acid groups (broad SMARTS) is 1. The summed E-state index contributed by atoms with van der Waals surface area (Å²) in [4.78, 5) is 23.8. The van der Waals surface area contributed by atoms with E-state index < -0.39 is 33.2 Å². The first-order valence-electron chi connectivity index (χ1n) is 9.27. The standard InChI is InChI=1S/C22H20N2O7S/c1-13-11-18(25)15(22(27)28)12-20(13)32(29,30)24-16-8-4-3-7-14(16)21(26)23-17-9-5-6-10-19(17)31-2/h3-12,24-25H,1-2H3,(H,23,26)(H,27,28). The maximum atomic E-state index is 13.0. The van der Waals surface area contributed by atoms with Gasteiger partial charge in [0.1, 0.15) is 17.1 Å². The van der Waals surface area contributed by atoms with Crippen LogP contribution in [0, 0.1) is 6.92 Å². The van der Waals surface area contributed by atoms with Crippen LogP contribution in [0.1, 0.15) is 26.3 Å². The number of para-hydroxylation sites is 3. The topological polar surface area (TPSA) is 142 Å². The van der Waals surface area contributed by atoms with Gasteiger partial charge in [-0.15, -0.1) is 0 Å². The number of amides is 1. The third kappa shape index (κ3) is 4.65. The second-order valence-electron chi connectivity index (χ2n) is 6.75. The van der Waals surface area contributed by atoms with Crippen LogP contribution in [0.2, 0.25) is 0 Å². The van der Waals surface area contributed by atoms with Gasteiger partial charge in [-0.05, 0) is 48.9 Å². The average molecular weight is 456 g/mol. The van der Waals surface area contributed by atoms with Crippen LogP contribution in [0.15, 0.2) is 65.6 Å². The molecule has 0 bridgehead atoms. The quantitative estimate of drug-likeness (QED) is 0.426. The van der Waals surface area contributed by atoms with Gasteiger partial charge >= 0.3 is 5.97 Å². The van der Waals surface area contributed by atoms with Crippen molar-refractivity contribution < 1.29 is 33.0 Å². The predicted molar refractivity (Wildman–Crippen MR) is 118 cm³/mol. The second kappa shape index (κ2) is 8.98. The summed E-state index contributed by atoms with van der Waals surface area (Å²) in [6.07, 6.45) is 0. The second-order valence-corrected chi connectivity index (χ2v) is 8.40. The van der Waals surface area contributed by atoms with Crippen molar-refractivity contribution in [2.24, 2.45) is 0 Å². The minimum Gasteiger partial charge on any atom is -0.507 e. The molecule has 0 unspecified atom stereocenters. The van der Waals surface area contributed by atoms with Crippen LogP contribution >= 0.6 is 0 Å². The van der Waals surface area contributed by atoms with Gasteiger partial charge in [-0.3, -0.25) is 9.52 Å². The maximum absolute atomic E-state index is 13.0. The molecular weight excluding hydrogens is 436 g/mol. The number of hydrogen-bond donors (Lipinski definition) is 4. The fraction of sp³-hybridized carbons (Fsp3) is 0.0909. The van der Waals surface area contributed by atoms with Crippen molar-refractivity contribution in [1.82, 2.24) is 0 Å². The zero-order valence-electron chi connectivity index (χ0n) is 17.1. The van der Waals surface area contributed by atoms with Gasteiger partial charge in [0.25, 0.3) is 15.9 Å². The Bertz CT molecular complexity index is 1300. The third-order valence-corrected chi connectivity index (χ3v) is 6.09. The molecule has 0 aromatic heterocycles. The highest BCUT2D eigenvalue weighted by Crippen LogP contribution is 2.29. The first-order valence-corrected chi connectivity index (χ1v) is 10.8. The van der Waals surface area contributed by atoms with Crippen molar-refractivity contribution in [3.63, 3.8) is 0 Å². The fourth-order valence-electron chi connectivity index (χ4n) is 3.04. The highest BCUT2D eigenvalue weighted by atomic mass is 32.2. The van der Waals surface area contributed by atoms with Gasteiger partial charge in [0.05, 0.1) is 28.9 Å². The van der Waals surface area contributed by atoms with Crippen molar-refractivity contribution >= 4 is 33.3 Å². The number of anilines is 2. The molecule has 3 aromatic carbocycles. The fourth-order valence-corrected chi connectivity index (χ4v) is 4.37. The van der Waals surface area contributed by atoms with Gasteiger partial charge in [0, 0.05) is 0 Å². The molecule has 166 valence electrons. The molecule has 0 aliphatic rings. The molecule has 32 heavy (non-hydrogen) atoms. The Morgan fingerprint density at radius 1 is 0.938 bits per heavy atom. The van der Waals surface area contributed by atoms with E-state index in [4.69, 9.17) is 4.74 Å². The lowest BCUT2D eigenvalue weighted by Crippen LogP contribution is -2.19. The third-order valence-electron chi connectivity index (χ3n) is 4.58. The highest BCUT2D eigenvalue weighted by molar-refractivity contribution is 7.92. The summed E-state index contributed by atoms with van der Waals surface area (Å²) in [5.41, 5.74) is 0.00777. The number of phenols is 1. The number of carbonyl (C=O) groups is 2. The van der Waals surface area contributed by atoms with E-state index in [-0.39, 0.29) is 21.7 Å². The van der Waals surface area contributed by atoms with Gasteiger partial charge in [-0.2, -0.15) is 0 Å². The molecule has 0 saturated carbocycles. The number of aromatic carboxylic acids is 1. The molecule has 0 radical (unpaired) electrons. The van der Waals surface area contributed by atoms with E-state index in [0.29, 0.717) is 11.4 Å². The van der Waals surface area contributed by atoms with Crippen molar-refractivity contribution in [2.75, 3.05) is 17.1 Å². The number of aryl methyl sites for hydroxylation is 1. The van der Waals surface area contributed by atoms with Crippen LogP contribution < -0.4 is 14.8 Å². The summed E-state index contributed by atoms with van der Waals surface area (Å²) in [5.74, 6) is -2.18. The van der Waals surface area contributed by atoms with Gasteiger partial charge in [0.15, 0.2) is 0 Å². The Balaban J connectivity index is 1.97. The molecule has 0 atom stereocenters. The Hall–Kier alpha value is -4.05. The van der Waals surface area contributed by atoms with E-state index in [1.54, 1.807) is 36.4 Å². The molecule has 0 saturated heterocycles. The number of carboxylic acids is 1. The molecular formula is C22H20N2O7S. The summed E-state index contributed by atoms with van der Waals surface area (Å²) in [7, 11) is -2.83. The van der Waals surface area contributed by atoms with E-state index in [9.17, 15) is 28.2 Å². The number of hydrogen-bond acceptors (Lipinski definition) is 6. The lowest BCUT2D eigenvalue weighted by atomic mass is 10.1. The number of ether oxygens (including phenoxy) is 1. The Morgan fingerprint density at radius 3 is 2.22 bits per heavy atom. The molecule has 9 nitrogen and oxygen atoms in total. The molecule has 0 aliphatic heterocycles. The molecule has 10 heteroatoms. The summed E-state index contributed by atoms with van der Waals surface area (Å²) >= 11 is 0. The Morgan fingerprint density at radius 2 is 1.56 bits per heavy atom. The number of sulfonamides is 1. The van der Waals surface area contributed by atoms with Crippen LogP contribution in [0.25, 0.3) is 0 Å². The van der Waals surface area contributed by atoms with Crippen LogP contribution in [-0.2, 0) is 10.0 Å². The monoisotopic (exact) mass is 456 g/mol. The Kier molecular flexibility index (Phi) is 6.35. The molecule has 3 aromatic rings. The zero-order valence-corrected chi connectivity index (χ0v) is 17.9. The number of benzene rings is 3. The molecule has 4 N–H and O–H groups in total. The van der Waals surface area contributed by atoms with E-state index in [2.05, 4.69) is 10.0 Å². The molecule has 3 rings (SSSR count). The van der Waals surface area contributed by atoms with E-state index in [1.165, 1.54) is 26.2 Å². The zero-order chi connectivity index (χ0) is 23.5. The largest absolute Gasteiger partial charge is 0.507 e. The first-order chi connectivity index (χ1) is 15.1. The van der Waals surface area contributed by atoms with Gasteiger partial charge in [-0.25, -0.2) is 13.2 Å². The van der Waals surface area contributed by atoms with Crippen molar-refractivity contribution in [2.45, 2.75) is 11.8 Å². The van der Waals surface area contributed by atoms with Crippen molar-refractivity contribution in [3.05, 3.63) is 77.4 Å². The van der Waals surface area contributed by atoms with Crippen LogP contribution in [0.3, 0.4) is 0 Å². The van der Waals surface area contributed by atoms with E-state index in [1.807, 2.05) is 0 Å². The smallest absolute Gasteiger partial charge is 0.339 e. The summed E-state index contributed by atoms with van der Waals surface area (Å²) in [6.45, 7) is 1.42. The highest BCUT2D eigenvalue weighted by Gasteiger charge is 2.24. The SMILES string of the molecule is COc1ccccc1NC(=O)c1ccccc1NS(=O)(=O)c1cc(C(=O)O)c(O)cc1C. The first kappa shape index (κ1) is 22.6. The lowest BCUT2D eigenvalue weighted by molar-refractivity contribution is 0.0693. The number of carbonyl (C=O) groups excluding carboxylic acids is 1. The van der Waals surface area contributed by atoms with E-state index in [0.717, 1.165) is 12.1 Å².